The molecule has 0 aliphatic heterocycles. The van der Waals surface area contributed by atoms with Crippen LogP contribution in [0.3, 0.4) is 0 Å². The number of ether oxygens (including phenoxy) is 1. The number of amides is 1. The maximum Gasteiger partial charge on any atom is 0.236 e. The summed E-state index contributed by atoms with van der Waals surface area (Å²) < 4.78 is 5.80. The fourth-order valence-electron chi connectivity index (χ4n) is 3.20. The molecule has 0 heterocycles. The highest BCUT2D eigenvalue weighted by atomic mass is 16.5. The van der Waals surface area contributed by atoms with Crippen LogP contribution in [0.4, 0.5) is 0 Å². The van der Waals surface area contributed by atoms with Crippen molar-refractivity contribution >= 4 is 5.91 Å². The Balaban J connectivity index is 2.78. The van der Waals surface area contributed by atoms with Crippen molar-refractivity contribution < 1.29 is 9.53 Å². The smallest absolute Gasteiger partial charge is 0.236 e. The first kappa shape index (κ1) is 14.5. The van der Waals surface area contributed by atoms with Gasteiger partial charge in [-0.05, 0) is 26.2 Å². The first-order valence-corrected chi connectivity index (χ1v) is 6.64. The Morgan fingerprint density at radius 1 is 1.41 bits per heavy atom. The summed E-state index contributed by atoms with van der Waals surface area (Å²) in [5, 5.41) is 0. The lowest BCUT2D eigenvalue weighted by atomic mass is 9.58. The van der Waals surface area contributed by atoms with Gasteiger partial charge in [0.1, 0.15) is 0 Å². The molecule has 0 bridgehead atoms. The van der Waals surface area contributed by atoms with Gasteiger partial charge < -0.3 is 15.4 Å². The van der Waals surface area contributed by atoms with Crippen molar-refractivity contribution in [3.8, 4) is 0 Å². The Morgan fingerprint density at radius 3 is 2.41 bits per heavy atom. The van der Waals surface area contributed by atoms with Gasteiger partial charge in [0, 0.05) is 25.1 Å². The normalized spacial score (nSPS) is 26.4. The highest BCUT2D eigenvalue weighted by Crippen LogP contribution is 2.51. The monoisotopic (exact) mass is 242 g/mol. The number of carbonyl (C=O) groups is 1. The summed E-state index contributed by atoms with van der Waals surface area (Å²) in [5.41, 5.74) is 5.55. The van der Waals surface area contributed by atoms with Gasteiger partial charge in [0.05, 0.1) is 12.6 Å². The van der Waals surface area contributed by atoms with E-state index in [1.807, 2.05) is 18.9 Å². The zero-order valence-corrected chi connectivity index (χ0v) is 11.5. The van der Waals surface area contributed by atoms with E-state index >= 15 is 0 Å². The molecule has 1 amide bonds. The minimum absolute atomic E-state index is 0.0243. The van der Waals surface area contributed by atoms with Gasteiger partial charge in [-0.2, -0.15) is 0 Å². The van der Waals surface area contributed by atoms with Crippen LogP contribution in [0.25, 0.3) is 0 Å². The van der Waals surface area contributed by atoms with E-state index in [4.69, 9.17) is 10.5 Å². The summed E-state index contributed by atoms with van der Waals surface area (Å²) in [6.45, 7) is 7.23. The molecule has 1 saturated carbocycles. The fourth-order valence-corrected chi connectivity index (χ4v) is 3.20. The highest BCUT2D eigenvalue weighted by Gasteiger charge is 2.55. The summed E-state index contributed by atoms with van der Waals surface area (Å²) in [6.07, 6.45) is 3.32. The highest BCUT2D eigenvalue weighted by molar-refractivity contribution is 5.78. The first-order chi connectivity index (χ1) is 8.07. The lowest BCUT2D eigenvalue weighted by Crippen LogP contribution is -2.65. The van der Waals surface area contributed by atoms with Crippen LogP contribution in [0.5, 0.6) is 0 Å². The van der Waals surface area contributed by atoms with Crippen molar-refractivity contribution in [3.05, 3.63) is 0 Å². The molecule has 1 aliphatic carbocycles. The van der Waals surface area contributed by atoms with Gasteiger partial charge in [0.2, 0.25) is 5.91 Å². The summed E-state index contributed by atoms with van der Waals surface area (Å²) in [6, 6.07) is 0.282. The molecular weight excluding hydrogens is 216 g/mol. The van der Waals surface area contributed by atoms with E-state index in [1.165, 1.54) is 0 Å². The summed E-state index contributed by atoms with van der Waals surface area (Å²) in [4.78, 5) is 13.5. The van der Waals surface area contributed by atoms with Crippen LogP contribution in [0.2, 0.25) is 0 Å². The Hall–Kier alpha value is -0.610. The number of nitrogens with zero attached hydrogens (tertiary/aromatic N) is 1. The zero-order chi connectivity index (χ0) is 13.1. The summed E-state index contributed by atoms with van der Waals surface area (Å²) >= 11 is 0. The van der Waals surface area contributed by atoms with E-state index in [0.29, 0.717) is 6.10 Å². The van der Waals surface area contributed by atoms with Gasteiger partial charge in [-0.15, -0.1) is 0 Å². The van der Waals surface area contributed by atoms with Gasteiger partial charge in [-0.1, -0.05) is 13.8 Å². The molecule has 0 aromatic heterocycles. The fraction of sp³-hybridized carbons (Fsp3) is 0.923. The van der Waals surface area contributed by atoms with E-state index in [2.05, 4.69) is 13.8 Å². The molecule has 4 heteroatoms. The third kappa shape index (κ3) is 2.33. The van der Waals surface area contributed by atoms with Gasteiger partial charge >= 0.3 is 0 Å². The minimum atomic E-state index is 0.0243. The number of hydrogen-bond donors (Lipinski definition) is 1. The Labute approximate surface area is 104 Å². The molecule has 0 unspecified atom stereocenters. The summed E-state index contributed by atoms with van der Waals surface area (Å²) in [5.74, 6) is 0.0243. The van der Waals surface area contributed by atoms with Crippen molar-refractivity contribution in [2.45, 2.75) is 52.2 Å². The van der Waals surface area contributed by atoms with Crippen molar-refractivity contribution in [1.29, 1.82) is 0 Å². The zero-order valence-electron chi connectivity index (χ0n) is 11.5. The molecule has 2 atom stereocenters. The number of hydrogen-bond acceptors (Lipinski definition) is 3. The number of likely N-dealkylation sites (N-methyl/N-ethyl adjacent to an activating group) is 1. The molecular formula is C13H26N2O2. The van der Waals surface area contributed by atoms with E-state index in [0.717, 1.165) is 25.9 Å². The van der Waals surface area contributed by atoms with Gasteiger partial charge in [0.15, 0.2) is 0 Å². The van der Waals surface area contributed by atoms with Crippen LogP contribution >= 0.6 is 0 Å². The standard InChI is InChI=1S/C13H26N2O2/c1-5-13(6-2)10(8-11(13)17-7-3)15(4)12(16)9-14/h10-11H,5-9,14H2,1-4H3/t10-,11+/m1/s1. The molecule has 1 fully saturated rings. The van der Waals surface area contributed by atoms with Crippen LogP contribution in [0, 0.1) is 5.41 Å². The molecule has 17 heavy (non-hydrogen) atoms. The van der Waals surface area contributed by atoms with Crippen LogP contribution in [-0.4, -0.2) is 43.2 Å². The Kier molecular flexibility index (Phi) is 4.95. The van der Waals surface area contributed by atoms with Crippen LogP contribution in [0.1, 0.15) is 40.0 Å². The maximum absolute atomic E-state index is 11.7. The SMILES string of the molecule is CCO[C@H]1C[C@@H](N(C)C(=O)CN)C1(CC)CC. The molecule has 2 N–H and O–H groups in total. The van der Waals surface area contributed by atoms with E-state index in [1.54, 1.807) is 0 Å². The van der Waals surface area contributed by atoms with Gasteiger partial charge in [-0.3, -0.25) is 4.79 Å². The topological polar surface area (TPSA) is 55.6 Å². The molecule has 0 aromatic carbocycles. The molecule has 0 radical (unpaired) electrons. The first-order valence-electron chi connectivity index (χ1n) is 6.64. The van der Waals surface area contributed by atoms with Crippen LogP contribution < -0.4 is 5.73 Å². The second-order valence-electron chi connectivity index (χ2n) is 4.84. The van der Waals surface area contributed by atoms with Crippen molar-refractivity contribution in [2.75, 3.05) is 20.2 Å². The second kappa shape index (κ2) is 5.83. The Morgan fingerprint density at radius 2 is 2.00 bits per heavy atom. The quantitative estimate of drug-likeness (QED) is 0.765. The van der Waals surface area contributed by atoms with Crippen molar-refractivity contribution in [3.63, 3.8) is 0 Å². The lowest BCUT2D eigenvalue weighted by molar-refractivity contribution is -0.176. The van der Waals surface area contributed by atoms with Crippen LogP contribution in [0.15, 0.2) is 0 Å². The molecule has 100 valence electrons. The van der Waals surface area contributed by atoms with Gasteiger partial charge in [0.25, 0.3) is 0 Å². The largest absolute Gasteiger partial charge is 0.378 e. The number of carbonyl (C=O) groups excluding carboxylic acids is 1. The molecule has 1 rings (SSSR count). The molecule has 4 nitrogen and oxygen atoms in total. The summed E-state index contributed by atoms with van der Waals surface area (Å²) in [7, 11) is 1.86. The predicted molar refractivity (Wildman–Crippen MR) is 68.7 cm³/mol. The van der Waals surface area contributed by atoms with Crippen LogP contribution in [-0.2, 0) is 9.53 Å². The van der Waals surface area contributed by atoms with E-state index in [9.17, 15) is 4.79 Å². The lowest BCUT2D eigenvalue weighted by Gasteiger charge is -2.58. The maximum atomic E-state index is 11.7. The molecule has 0 spiro atoms. The number of nitrogens with two attached hydrogens (primary N) is 1. The average Bonchev–Trinajstić information content (AvgIpc) is 2.34. The van der Waals surface area contributed by atoms with E-state index in [-0.39, 0.29) is 23.9 Å². The van der Waals surface area contributed by atoms with Crippen molar-refractivity contribution in [1.82, 2.24) is 4.90 Å². The molecule has 0 aromatic rings. The van der Waals surface area contributed by atoms with E-state index < -0.39 is 0 Å². The van der Waals surface area contributed by atoms with Crippen molar-refractivity contribution in [2.24, 2.45) is 11.1 Å². The van der Waals surface area contributed by atoms with Gasteiger partial charge in [-0.25, -0.2) is 0 Å². The average molecular weight is 242 g/mol. The molecule has 1 aliphatic rings. The number of rotatable bonds is 6. The third-order valence-corrected chi connectivity index (χ3v) is 4.46. The minimum Gasteiger partial charge on any atom is -0.378 e. The Bertz CT molecular complexity index is 264. The molecule has 0 saturated heterocycles. The predicted octanol–water partition coefficient (Wildman–Crippen LogP) is 1.39. The third-order valence-electron chi connectivity index (χ3n) is 4.46. The second-order valence-corrected chi connectivity index (χ2v) is 4.84.